The van der Waals surface area contributed by atoms with E-state index in [1.165, 1.54) is 14.2 Å². The van der Waals surface area contributed by atoms with Gasteiger partial charge in [0.1, 0.15) is 5.75 Å². The molecule has 0 heterocycles. The molecule has 1 rings (SSSR count). The van der Waals surface area contributed by atoms with Gasteiger partial charge in [-0.2, -0.15) is 0 Å². The van der Waals surface area contributed by atoms with E-state index in [2.05, 4.69) is 0 Å². The van der Waals surface area contributed by atoms with Crippen LogP contribution in [0.3, 0.4) is 0 Å². The SMILES string of the molecule is COCc1cc(Cl)cc(OC)c1CC(=O)O. The highest BCUT2D eigenvalue weighted by Gasteiger charge is 2.14. The Morgan fingerprint density at radius 2 is 2.12 bits per heavy atom. The van der Waals surface area contributed by atoms with Gasteiger partial charge in [0.15, 0.2) is 0 Å². The van der Waals surface area contributed by atoms with Crippen LogP contribution < -0.4 is 4.74 Å². The van der Waals surface area contributed by atoms with Gasteiger partial charge in [-0.25, -0.2) is 0 Å². The highest BCUT2D eigenvalue weighted by Crippen LogP contribution is 2.28. The maximum absolute atomic E-state index is 10.7. The van der Waals surface area contributed by atoms with Gasteiger partial charge >= 0.3 is 5.97 Å². The maximum atomic E-state index is 10.7. The second kappa shape index (κ2) is 5.72. The molecule has 0 unspecified atom stereocenters. The Balaban J connectivity index is 3.20. The van der Waals surface area contributed by atoms with Crippen LogP contribution >= 0.6 is 11.6 Å². The summed E-state index contributed by atoms with van der Waals surface area (Å²) >= 11 is 5.89. The van der Waals surface area contributed by atoms with Gasteiger partial charge in [0.2, 0.25) is 0 Å². The molecule has 0 fully saturated rings. The third kappa shape index (κ3) is 3.12. The largest absolute Gasteiger partial charge is 0.496 e. The second-order valence-electron chi connectivity index (χ2n) is 3.25. The van der Waals surface area contributed by atoms with Crippen LogP contribution in [0.2, 0.25) is 5.02 Å². The van der Waals surface area contributed by atoms with Gasteiger partial charge in [-0.05, 0) is 17.7 Å². The number of methoxy groups -OCH3 is 2. The lowest BCUT2D eigenvalue weighted by atomic mass is 10.0. The fourth-order valence-electron chi connectivity index (χ4n) is 1.48. The molecular weight excluding hydrogens is 232 g/mol. The van der Waals surface area contributed by atoms with E-state index < -0.39 is 5.97 Å². The molecule has 88 valence electrons. The monoisotopic (exact) mass is 244 g/mol. The van der Waals surface area contributed by atoms with Gasteiger partial charge in [0, 0.05) is 17.7 Å². The molecule has 0 aromatic heterocycles. The van der Waals surface area contributed by atoms with Crippen LogP contribution in [0.15, 0.2) is 12.1 Å². The number of ether oxygens (including phenoxy) is 2. The van der Waals surface area contributed by atoms with E-state index in [1.807, 2.05) is 0 Å². The molecule has 0 aliphatic rings. The first-order valence-electron chi connectivity index (χ1n) is 4.64. The van der Waals surface area contributed by atoms with Crippen molar-refractivity contribution < 1.29 is 19.4 Å². The molecule has 0 amide bonds. The van der Waals surface area contributed by atoms with Crippen molar-refractivity contribution in [3.05, 3.63) is 28.3 Å². The lowest BCUT2D eigenvalue weighted by molar-refractivity contribution is -0.136. The molecular formula is C11H13ClO4. The van der Waals surface area contributed by atoms with E-state index >= 15 is 0 Å². The van der Waals surface area contributed by atoms with Crippen LogP contribution in [-0.2, 0) is 22.6 Å². The van der Waals surface area contributed by atoms with Crippen molar-refractivity contribution in [2.45, 2.75) is 13.0 Å². The lowest BCUT2D eigenvalue weighted by Crippen LogP contribution is -2.06. The predicted molar refractivity (Wildman–Crippen MR) is 60.1 cm³/mol. The highest BCUT2D eigenvalue weighted by atomic mass is 35.5. The molecule has 1 N–H and O–H groups in total. The summed E-state index contributed by atoms with van der Waals surface area (Å²) in [5, 5.41) is 9.32. The summed E-state index contributed by atoms with van der Waals surface area (Å²) in [5.74, 6) is -0.445. The molecule has 4 nitrogen and oxygen atoms in total. The van der Waals surface area contributed by atoms with Gasteiger partial charge in [-0.15, -0.1) is 0 Å². The molecule has 0 saturated carbocycles. The fraction of sp³-hybridized carbons (Fsp3) is 0.364. The number of halogens is 1. The molecule has 16 heavy (non-hydrogen) atoms. The van der Waals surface area contributed by atoms with Crippen LogP contribution in [0.25, 0.3) is 0 Å². The summed E-state index contributed by atoms with van der Waals surface area (Å²) in [6.45, 7) is 0.305. The zero-order valence-corrected chi connectivity index (χ0v) is 9.87. The normalized spacial score (nSPS) is 10.2. The molecule has 0 aliphatic heterocycles. The van der Waals surface area contributed by atoms with Gasteiger partial charge in [0.05, 0.1) is 20.1 Å². The maximum Gasteiger partial charge on any atom is 0.307 e. The minimum Gasteiger partial charge on any atom is -0.496 e. The summed E-state index contributed by atoms with van der Waals surface area (Å²) in [6.07, 6.45) is -0.112. The standard InChI is InChI=1S/C11H13ClO4/c1-15-6-7-3-8(12)4-10(16-2)9(7)5-11(13)14/h3-4H,5-6H2,1-2H3,(H,13,14). The Morgan fingerprint density at radius 1 is 1.44 bits per heavy atom. The van der Waals surface area contributed by atoms with Crippen LogP contribution in [0.4, 0.5) is 0 Å². The summed E-state index contributed by atoms with van der Waals surface area (Å²) in [5.41, 5.74) is 1.33. The van der Waals surface area contributed by atoms with Crippen LogP contribution in [-0.4, -0.2) is 25.3 Å². The Bertz CT molecular complexity index is 390. The van der Waals surface area contributed by atoms with Gasteiger partial charge < -0.3 is 14.6 Å². The van der Waals surface area contributed by atoms with E-state index in [9.17, 15) is 4.79 Å². The Hall–Kier alpha value is -1.26. The van der Waals surface area contributed by atoms with Crippen molar-refractivity contribution in [1.29, 1.82) is 0 Å². The van der Waals surface area contributed by atoms with E-state index in [4.69, 9.17) is 26.2 Å². The topological polar surface area (TPSA) is 55.8 Å². The van der Waals surface area contributed by atoms with Crippen molar-refractivity contribution in [2.75, 3.05) is 14.2 Å². The highest BCUT2D eigenvalue weighted by molar-refractivity contribution is 6.30. The predicted octanol–water partition coefficient (Wildman–Crippen LogP) is 2.12. The average Bonchev–Trinajstić information content (AvgIpc) is 2.21. The van der Waals surface area contributed by atoms with Crippen molar-refractivity contribution in [2.24, 2.45) is 0 Å². The number of carboxylic acids is 1. The summed E-state index contributed by atoms with van der Waals surface area (Å²) in [7, 11) is 3.02. The van der Waals surface area contributed by atoms with Crippen molar-refractivity contribution >= 4 is 17.6 Å². The number of carboxylic acid groups (broad SMARTS) is 1. The molecule has 0 spiro atoms. The minimum absolute atomic E-state index is 0.112. The molecule has 0 bridgehead atoms. The third-order valence-corrected chi connectivity index (χ3v) is 2.33. The minimum atomic E-state index is -0.919. The van der Waals surface area contributed by atoms with Crippen molar-refractivity contribution in [1.82, 2.24) is 0 Å². The van der Waals surface area contributed by atoms with Gasteiger partial charge in [-0.3, -0.25) is 4.79 Å². The number of hydrogen-bond donors (Lipinski definition) is 1. The average molecular weight is 245 g/mol. The fourth-order valence-corrected chi connectivity index (χ4v) is 1.71. The third-order valence-electron chi connectivity index (χ3n) is 2.11. The van der Waals surface area contributed by atoms with E-state index in [0.29, 0.717) is 22.9 Å². The second-order valence-corrected chi connectivity index (χ2v) is 3.69. The van der Waals surface area contributed by atoms with E-state index in [0.717, 1.165) is 5.56 Å². The first-order chi connectivity index (χ1) is 7.58. The molecule has 1 aromatic rings. The first kappa shape index (κ1) is 12.8. The van der Waals surface area contributed by atoms with Crippen LogP contribution in [0, 0.1) is 0 Å². The molecule has 0 radical (unpaired) electrons. The zero-order valence-electron chi connectivity index (χ0n) is 9.12. The Labute approximate surface area is 98.7 Å². The number of aliphatic carboxylic acids is 1. The number of benzene rings is 1. The smallest absolute Gasteiger partial charge is 0.307 e. The summed E-state index contributed by atoms with van der Waals surface area (Å²) in [4.78, 5) is 10.7. The van der Waals surface area contributed by atoms with Crippen LogP contribution in [0.5, 0.6) is 5.75 Å². The molecule has 5 heteroatoms. The summed E-state index contributed by atoms with van der Waals surface area (Å²) in [6, 6.07) is 3.28. The van der Waals surface area contributed by atoms with Crippen molar-refractivity contribution in [3.8, 4) is 5.75 Å². The zero-order chi connectivity index (χ0) is 12.1. The Kier molecular flexibility index (Phi) is 4.58. The van der Waals surface area contributed by atoms with Gasteiger partial charge in [0.25, 0.3) is 0 Å². The molecule has 0 saturated heterocycles. The first-order valence-corrected chi connectivity index (χ1v) is 5.02. The number of hydrogen-bond acceptors (Lipinski definition) is 3. The van der Waals surface area contributed by atoms with E-state index in [-0.39, 0.29) is 6.42 Å². The van der Waals surface area contributed by atoms with E-state index in [1.54, 1.807) is 12.1 Å². The lowest BCUT2D eigenvalue weighted by Gasteiger charge is -2.12. The van der Waals surface area contributed by atoms with Crippen molar-refractivity contribution in [3.63, 3.8) is 0 Å². The van der Waals surface area contributed by atoms with Gasteiger partial charge in [-0.1, -0.05) is 11.6 Å². The number of carbonyl (C=O) groups is 1. The molecule has 1 aromatic carbocycles. The van der Waals surface area contributed by atoms with Crippen LogP contribution in [0.1, 0.15) is 11.1 Å². The molecule has 0 aliphatic carbocycles. The quantitative estimate of drug-likeness (QED) is 0.862. The number of rotatable bonds is 5. The Morgan fingerprint density at radius 3 is 2.62 bits per heavy atom. The molecule has 0 atom stereocenters. The summed E-state index contributed by atoms with van der Waals surface area (Å²) < 4.78 is 10.1.